The monoisotopic (exact) mass is 179 g/mol. The summed E-state index contributed by atoms with van der Waals surface area (Å²) >= 11 is 5.54. The highest BCUT2D eigenvalue weighted by molar-refractivity contribution is 6.20. The van der Waals surface area contributed by atoms with Gasteiger partial charge in [0.05, 0.1) is 5.50 Å². The summed E-state index contributed by atoms with van der Waals surface area (Å²) in [5, 5.41) is 3.23. The van der Waals surface area contributed by atoms with Crippen molar-refractivity contribution in [1.29, 1.82) is 0 Å². The van der Waals surface area contributed by atoms with Crippen LogP contribution < -0.4 is 16.8 Å². The number of hydrogen-bond donors (Lipinski definition) is 3. The van der Waals surface area contributed by atoms with Crippen LogP contribution in [0.5, 0.6) is 0 Å². The van der Waals surface area contributed by atoms with Gasteiger partial charge in [-0.05, 0) is 38.9 Å². The molecule has 0 aliphatic heterocycles. The van der Waals surface area contributed by atoms with Crippen LogP contribution in [0.4, 0.5) is 0 Å². The van der Waals surface area contributed by atoms with Crippen LogP contribution in [0, 0.1) is 0 Å². The van der Waals surface area contributed by atoms with Gasteiger partial charge in [-0.3, -0.25) is 0 Å². The van der Waals surface area contributed by atoms with Gasteiger partial charge in [-0.2, -0.15) is 0 Å². The van der Waals surface area contributed by atoms with Crippen LogP contribution in [0.25, 0.3) is 0 Å². The first-order valence-corrected chi connectivity index (χ1v) is 4.51. The minimum Gasteiger partial charge on any atom is -0.330 e. The fraction of sp³-hybridized carbons (Fsp3) is 1.00. The highest BCUT2D eigenvalue weighted by Gasteiger charge is 1.94. The molecule has 0 aliphatic carbocycles. The molecule has 0 saturated carbocycles. The van der Waals surface area contributed by atoms with E-state index in [1.807, 2.05) is 0 Å². The summed E-state index contributed by atoms with van der Waals surface area (Å²) in [6.07, 6.45) is 3.04. The minimum absolute atomic E-state index is 0.211. The van der Waals surface area contributed by atoms with E-state index in [0.717, 1.165) is 38.9 Å². The van der Waals surface area contributed by atoms with Crippen molar-refractivity contribution < 1.29 is 0 Å². The van der Waals surface area contributed by atoms with Gasteiger partial charge in [0.25, 0.3) is 0 Å². The molecule has 0 bridgehead atoms. The van der Waals surface area contributed by atoms with Gasteiger partial charge < -0.3 is 16.8 Å². The predicted molar refractivity (Wildman–Crippen MR) is 49.6 cm³/mol. The number of hydrogen-bond acceptors (Lipinski definition) is 3. The Balaban J connectivity index is 2.80. The number of alkyl halides is 1. The molecule has 0 aromatic heterocycles. The molecule has 3 nitrogen and oxygen atoms in total. The van der Waals surface area contributed by atoms with Crippen molar-refractivity contribution in [3.63, 3.8) is 0 Å². The third kappa shape index (κ3) is 10.2. The number of rotatable bonds is 7. The molecule has 0 aliphatic rings. The Labute approximate surface area is 73.5 Å². The lowest BCUT2D eigenvalue weighted by atomic mass is 10.3. The first-order chi connectivity index (χ1) is 5.27. The maximum Gasteiger partial charge on any atom is 0.0812 e. The first kappa shape index (κ1) is 11.2. The van der Waals surface area contributed by atoms with E-state index in [-0.39, 0.29) is 5.50 Å². The largest absolute Gasteiger partial charge is 0.330 e. The minimum atomic E-state index is -0.211. The summed E-state index contributed by atoms with van der Waals surface area (Å²) in [5.41, 5.74) is 10.5. The lowest BCUT2D eigenvalue weighted by Gasteiger charge is -2.04. The van der Waals surface area contributed by atoms with E-state index in [0.29, 0.717) is 0 Å². The average Bonchev–Trinajstić information content (AvgIpc) is 1.96. The van der Waals surface area contributed by atoms with Crippen LogP contribution in [0.1, 0.15) is 19.3 Å². The Morgan fingerprint density at radius 3 is 2.55 bits per heavy atom. The Kier molecular flexibility index (Phi) is 8.40. The fourth-order valence-corrected chi connectivity index (χ4v) is 0.868. The standard InChI is InChI=1S/C7H18ClN3/c8-7(10)3-6-11-5-2-1-4-9/h7,11H,1-6,9-10H2. The van der Waals surface area contributed by atoms with Crippen LogP contribution >= 0.6 is 11.6 Å². The molecule has 0 saturated heterocycles. The third-order valence-corrected chi connectivity index (χ3v) is 1.62. The van der Waals surface area contributed by atoms with Crippen molar-refractivity contribution in [2.45, 2.75) is 24.8 Å². The quantitative estimate of drug-likeness (QED) is 0.298. The SMILES string of the molecule is NCCCCNCCC(N)Cl. The molecular weight excluding hydrogens is 162 g/mol. The topological polar surface area (TPSA) is 64.1 Å². The highest BCUT2D eigenvalue weighted by atomic mass is 35.5. The van der Waals surface area contributed by atoms with Gasteiger partial charge in [0.2, 0.25) is 0 Å². The molecule has 0 spiro atoms. The average molecular weight is 180 g/mol. The Hall–Kier alpha value is 0.170. The van der Waals surface area contributed by atoms with E-state index in [2.05, 4.69) is 5.32 Å². The zero-order chi connectivity index (χ0) is 8.53. The van der Waals surface area contributed by atoms with Crippen molar-refractivity contribution in [3.05, 3.63) is 0 Å². The fourth-order valence-electron chi connectivity index (χ4n) is 0.759. The number of nitrogens with one attached hydrogen (secondary N) is 1. The summed E-state index contributed by atoms with van der Waals surface area (Å²) < 4.78 is 0. The molecule has 1 atom stereocenters. The second-order valence-electron chi connectivity index (χ2n) is 2.55. The van der Waals surface area contributed by atoms with Crippen molar-refractivity contribution in [2.75, 3.05) is 19.6 Å². The second kappa shape index (κ2) is 8.27. The van der Waals surface area contributed by atoms with Crippen LogP contribution in [0.15, 0.2) is 0 Å². The summed E-state index contributed by atoms with van der Waals surface area (Å²) in [4.78, 5) is 0. The van der Waals surface area contributed by atoms with Crippen molar-refractivity contribution >= 4 is 11.6 Å². The van der Waals surface area contributed by atoms with E-state index in [1.54, 1.807) is 0 Å². The molecular formula is C7H18ClN3. The maximum absolute atomic E-state index is 5.54. The van der Waals surface area contributed by atoms with E-state index >= 15 is 0 Å². The Morgan fingerprint density at radius 1 is 1.27 bits per heavy atom. The Morgan fingerprint density at radius 2 is 2.00 bits per heavy atom. The van der Waals surface area contributed by atoms with Crippen LogP contribution in [0.2, 0.25) is 0 Å². The predicted octanol–water partition coefficient (Wildman–Crippen LogP) is 0.229. The van der Waals surface area contributed by atoms with E-state index < -0.39 is 0 Å². The summed E-state index contributed by atoms with van der Waals surface area (Å²) in [6, 6.07) is 0. The smallest absolute Gasteiger partial charge is 0.0812 e. The molecule has 4 heteroatoms. The summed E-state index contributed by atoms with van der Waals surface area (Å²) in [5.74, 6) is 0. The van der Waals surface area contributed by atoms with Crippen molar-refractivity contribution in [1.82, 2.24) is 5.32 Å². The zero-order valence-corrected chi connectivity index (χ0v) is 7.61. The first-order valence-electron chi connectivity index (χ1n) is 4.08. The molecule has 0 aromatic carbocycles. The number of unbranched alkanes of at least 4 members (excludes halogenated alkanes) is 1. The molecule has 0 aromatic rings. The molecule has 0 radical (unpaired) electrons. The van der Waals surface area contributed by atoms with Crippen LogP contribution in [-0.4, -0.2) is 25.1 Å². The number of halogens is 1. The molecule has 1 unspecified atom stereocenters. The van der Waals surface area contributed by atoms with Crippen LogP contribution in [-0.2, 0) is 0 Å². The van der Waals surface area contributed by atoms with Crippen molar-refractivity contribution in [2.24, 2.45) is 11.5 Å². The van der Waals surface area contributed by atoms with E-state index in [4.69, 9.17) is 23.1 Å². The number of nitrogens with two attached hydrogens (primary N) is 2. The lowest BCUT2D eigenvalue weighted by Crippen LogP contribution is -2.23. The van der Waals surface area contributed by atoms with Crippen molar-refractivity contribution in [3.8, 4) is 0 Å². The van der Waals surface area contributed by atoms with E-state index in [9.17, 15) is 0 Å². The van der Waals surface area contributed by atoms with Gasteiger partial charge in [0.1, 0.15) is 0 Å². The highest BCUT2D eigenvalue weighted by Crippen LogP contribution is 1.90. The van der Waals surface area contributed by atoms with E-state index in [1.165, 1.54) is 0 Å². The summed E-state index contributed by atoms with van der Waals surface area (Å²) in [7, 11) is 0. The third-order valence-electron chi connectivity index (χ3n) is 1.40. The Bertz CT molecular complexity index is 78.1. The molecule has 0 fully saturated rings. The van der Waals surface area contributed by atoms with Gasteiger partial charge in [0.15, 0.2) is 0 Å². The molecule has 0 heterocycles. The molecule has 68 valence electrons. The maximum atomic E-state index is 5.54. The molecule has 0 rings (SSSR count). The van der Waals surface area contributed by atoms with Gasteiger partial charge in [-0.15, -0.1) is 11.6 Å². The second-order valence-corrected chi connectivity index (χ2v) is 3.11. The van der Waals surface area contributed by atoms with Gasteiger partial charge >= 0.3 is 0 Å². The lowest BCUT2D eigenvalue weighted by molar-refractivity contribution is 0.600. The van der Waals surface area contributed by atoms with Gasteiger partial charge in [0, 0.05) is 0 Å². The molecule has 0 amide bonds. The molecule has 11 heavy (non-hydrogen) atoms. The van der Waals surface area contributed by atoms with Gasteiger partial charge in [-0.25, -0.2) is 0 Å². The van der Waals surface area contributed by atoms with Crippen LogP contribution in [0.3, 0.4) is 0 Å². The zero-order valence-electron chi connectivity index (χ0n) is 6.85. The summed E-state index contributed by atoms with van der Waals surface area (Å²) in [6.45, 7) is 2.69. The van der Waals surface area contributed by atoms with Gasteiger partial charge in [-0.1, -0.05) is 0 Å². The normalized spacial score (nSPS) is 13.4. The molecule has 5 N–H and O–H groups in total.